The Balaban J connectivity index is 1.81. The lowest BCUT2D eigenvalue weighted by atomic mass is 10.2. The minimum absolute atomic E-state index is 0.00384. The molecule has 0 saturated carbocycles. The fourth-order valence-corrected chi connectivity index (χ4v) is 3.53. The first-order valence-corrected chi connectivity index (χ1v) is 8.85. The van der Waals surface area contributed by atoms with Crippen LogP contribution in [0.5, 0.6) is 0 Å². The third-order valence-corrected chi connectivity index (χ3v) is 4.51. The molecule has 0 radical (unpaired) electrons. The largest absolute Gasteiger partial charge is 0.390 e. The van der Waals surface area contributed by atoms with Gasteiger partial charge in [-0.2, -0.15) is 0 Å². The Morgan fingerprint density at radius 2 is 2.17 bits per heavy atom. The van der Waals surface area contributed by atoms with Gasteiger partial charge in [-0.15, -0.1) is 0 Å². The first-order chi connectivity index (χ1) is 10.7. The molecule has 1 aromatic carbocycles. The minimum atomic E-state index is -3.49. The molecule has 2 heterocycles. The number of rotatable bonds is 3. The Hall–Kier alpha value is -1.97. The maximum Gasteiger partial charge on any atom is 0.270 e. The molecule has 1 fully saturated rings. The average Bonchev–Trinajstić information content (AvgIpc) is 3.02. The number of sulfonamides is 1. The molecule has 7 nitrogen and oxygen atoms in total. The number of hydrogen-bond acceptors (Lipinski definition) is 4. The summed E-state index contributed by atoms with van der Waals surface area (Å²) in [6, 6.07) is 5.29. The van der Waals surface area contributed by atoms with Crippen molar-refractivity contribution in [2.24, 2.45) is 0 Å². The molecule has 1 aliphatic heterocycles. The van der Waals surface area contributed by atoms with E-state index in [0.29, 0.717) is 5.39 Å². The second-order valence-corrected chi connectivity index (χ2v) is 7.44. The highest BCUT2D eigenvalue weighted by Crippen LogP contribution is 2.21. The van der Waals surface area contributed by atoms with Crippen LogP contribution >= 0.6 is 0 Å². The van der Waals surface area contributed by atoms with Crippen molar-refractivity contribution in [3.63, 3.8) is 0 Å². The highest BCUT2D eigenvalue weighted by Gasteiger charge is 2.36. The van der Waals surface area contributed by atoms with E-state index in [4.69, 9.17) is 0 Å². The zero-order chi connectivity index (χ0) is 16.8. The number of halogens is 1. The van der Waals surface area contributed by atoms with E-state index >= 15 is 0 Å². The first kappa shape index (κ1) is 15.9. The number of carbonyl (C=O) groups excluding carboxylic acids is 1. The SMILES string of the molecule is CS(=O)(=O)N[C@@H]1CN(C(=O)c2cc3cccc(F)c3[nH]2)C[C@H]1O. The minimum Gasteiger partial charge on any atom is -0.390 e. The topological polar surface area (TPSA) is 103 Å². The van der Waals surface area contributed by atoms with E-state index in [0.717, 1.165) is 6.26 Å². The molecular formula is C14H16FN3O4S. The van der Waals surface area contributed by atoms with Gasteiger partial charge in [-0.1, -0.05) is 12.1 Å². The van der Waals surface area contributed by atoms with Gasteiger partial charge in [0.25, 0.3) is 5.91 Å². The van der Waals surface area contributed by atoms with E-state index in [2.05, 4.69) is 9.71 Å². The van der Waals surface area contributed by atoms with Crippen LogP contribution in [0.2, 0.25) is 0 Å². The molecule has 1 amide bonds. The van der Waals surface area contributed by atoms with Crippen LogP contribution in [0.25, 0.3) is 10.9 Å². The molecule has 2 atom stereocenters. The van der Waals surface area contributed by atoms with Gasteiger partial charge in [-0.3, -0.25) is 4.79 Å². The van der Waals surface area contributed by atoms with E-state index in [-0.39, 0.29) is 24.3 Å². The maximum absolute atomic E-state index is 13.7. The van der Waals surface area contributed by atoms with Crippen molar-refractivity contribution in [1.29, 1.82) is 0 Å². The van der Waals surface area contributed by atoms with Crippen LogP contribution in [-0.2, 0) is 10.0 Å². The van der Waals surface area contributed by atoms with Gasteiger partial charge in [0.15, 0.2) is 0 Å². The smallest absolute Gasteiger partial charge is 0.270 e. The van der Waals surface area contributed by atoms with Crippen LogP contribution in [0, 0.1) is 5.82 Å². The zero-order valence-electron chi connectivity index (χ0n) is 12.3. The number of aromatic amines is 1. The van der Waals surface area contributed by atoms with Gasteiger partial charge in [-0.05, 0) is 12.1 Å². The van der Waals surface area contributed by atoms with E-state index in [1.54, 1.807) is 12.1 Å². The Bertz CT molecular complexity index is 864. The second-order valence-electron chi connectivity index (χ2n) is 5.66. The van der Waals surface area contributed by atoms with Crippen molar-refractivity contribution in [2.45, 2.75) is 12.1 Å². The Morgan fingerprint density at radius 1 is 1.43 bits per heavy atom. The summed E-state index contributed by atoms with van der Waals surface area (Å²) in [6.45, 7) is 0.0504. The van der Waals surface area contributed by atoms with Crippen molar-refractivity contribution in [3.05, 3.63) is 35.8 Å². The van der Waals surface area contributed by atoms with Gasteiger partial charge in [0.05, 0.1) is 23.9 Å². The lowest BCUT2D eigenvalue weighted by Crippen LogP contribution is -2.42. The predicted octanol–water partition coefficient (Wildman–Crippen LogP) is 0.0415. The van der Waals surface area contributed by atoms with Crippen LogP contribution in [0.1, 0.15) is 10.5 Å². The molecule has 1 aliphatic rings. The molecule has 124 valence electrons. The highest BCUT2D eigenvalue weighted by atomic mass is 32.2. The van der Waals surface area contributed by atoms with Crippen LogP contribution in [-0.4, -0.2) is 60.8 Å². The number of aliphatic hydroxyl groups is 1. The van der Waals surface area contributed by atoms with Crippen molar-refractivity contribution in [1.82, 2.24) is 14.6 Å². The molecule has 3 rings (SSSR count). The molecule has 0 aliphatic carbocycles. The fraction of sp³-hybridized carbons (Fsp3) is 0.357. The second kappa shape index (κ2) is 5.59. The number of nitrogens with zero attached hydrogens (tertiary/aromatic N) is 1. The molecule has 3 N–H and O–H groups in total. The molecule has 0 bridgehead atoms. The summed E-state index contributed by atoms with van der Waals surface area (Å²) in [5, 5.41) is 10.5. The number of β-amino-alcohol motifs (C(OH)–C–C–N with tert-alkyl or cyclic N) is 1. The number of nitrogens with one attached hydrogen (secondary N) is 2. The quantitative estimate of drug-likeness (QED) is 0.733. The summed E-state index contributed by atoms with van der Waals surface area (Å²) >= 11 is 0. The first-order valence-electron chi connectivity index (χ1n) is 6.96. The van der Waals surface area contributed by atoms with Crippen molar-refractivity contribution < 1.29 is 22.7 Å². The van der Waals surface area contributed by atoms with Crippen LogP contribution in [0.4, 0.5) is 4.39 Å². The zero-order valence-corrected chi connectivity index (χ0v) is 13.1. The summed E-state index contributed by atoms with van der Waals surface area (Å²) in [6.07, 6.45) is -0.000190. The molecule has 23 heavy (non-hydrogen) atoms. The number of H-pyrrole nitrogens is 1. The number of aliphatic hydroxyl groups excluding tert-OH is 1. The molecule has 2 aromatic rings. The lowest BCUT2D eigenvalue weighted by Gasteiger charge is -2.15. The molecule has 9 heteroatoms. The normalized spacial score (nSPS) is 22.0. The van der Waals surface area contributed by atoms with Gasteiger partial charge in [0.2, 0.25) is 10.0 Å². The standard InChI is InChI=1S/C14H16FN3O4S/c1-23(21,22)17-11-6-18(7-12(11)19)14(20)10-5-8-3-2-4-9(15)13(8)16-10/h2-5,11-12,16-17,19H,6-7H2,1H3/t11-,12-/m1/s1. The average molecular weight is 341 g/mol. The van der Waals surface area contributed by atoms with Crippen molar-refractivity contribution >= 4 is 26.8 Å². The van der Waals surface area contributed by atoms with E-state index < -0.39 is 33.9 Å². The number of fused-ring (bicyclic) bond motifs is 1. The summed E-state index contributed by atoms with van der Waals surface area (Å²) in [5.41, 5.74) is 0.429. The molecular weight excluding hydrogens is 325 g/mol. The third-order valence-electron chi connectivity index (χ3n) is 3.78. The van der Waals surface area contributed by atoms with Gasteiger partial charge < -0.3 is 15.0 Å². The lowest BCUT2D eigenvalue weighted by molar-refractivity contribution is 0.0760. The molecule has 0 spiro atoms. The monoisotopic (exact) mass is 341 g/mol. The van der Waals surface area contributed by atoms with Crippen LogP contribution < -0.4 is 4.72 Å². The number of aromatic nitrogens is 1. The number of carbonyl (C=O) groups is 1. The number of hydrogen-bond donors (Lipinski definition) is 3. The van der Waals surface area contributed by atoms with Crippen LogP contribution in [0.3, 0.4) is 0 Å². The number of para-hydroxylation sites is 1. The van der Waals surface area contributed by atoms with Gasteiger partial charge in [0, 0.05) is 18.5 Å². The van der Waals surface area contributed by atoms with Gasteiger partial charge in [-0.25, -0.2) is 17.5 Å². The number of likely N-dealkylation sites (tertiary alicyclic amines) is 1. The Labute approximate surface area is 132 Å². The van der Waals surface area contributed by atoms with Crippen LogP contribution in [0.15, 0.2) is 24.3 Å². The Kier molecular flexibility index (Phi) is 3.86. The molecule has 0 unspecified atom stereocenters. The summed E-state index contributed by atoms with van der Waals surface area (Å²) < 4.78 is 38.5. The predicted molar refractivity (Wildman–Crippen MR) is 81.9 cm³/mol. The fourth-order valence-electron chi connectivity index (χ4n) is 2.75. The third kappa shape index (κ3) is 3.21. The van der Waals surface area contributed by atoms with E-state index in [1.807, 2.05) is 0 Å². The van der Waals surface area contributed by atoms with Gasteiger partial charge in [0.1, 0.15) is 11.5 Å². The number of amides is 1. The van der Waals surface area contributed by atoms with Gasteiger partial charge >= 0.3 is 0 Å². The summed E-state index contributed by atoms with van der Waals surface area (Å²) in [4.78, 5) is 16.5. The number of benzene rings is 1. The van der Waals surface area contributed by atoms with E-state index in [1.165, 1.54) is 17.0 Å². The molecule has 1 aromatic heterocycles. The summed E-state index contributed by atoms with van der Waals surface area (Å²) in [5.74, 6) is -0.878. The molecule has 1 saturated heterocycles. The highest BCUT2D eigenvalue weighted by molar-refractivity contribution is 7.88. The Morgan fingerprint density at radius 3 is 2.83 bits per heavy atom. The van der Waals surface area contributed by atoms with E-state index in [9.17, 15) is 22.7 Å². The summed E-state index contributed by atoms with van der Waals surface area (Å²) in [7, 11) is -3.49. The maximum atomic E-state index is 13.7. The van der Waals surface area contributed by atoms with Crippen molar-refractivity contribution in [2.75, 3.05) is 19.3 Å². The van der Waals surface area contributed by atoms with Crippen molar-refractivity contribution in [3.8, 4) is 0 Å².